The monoisotopic (exact) mass is 351 g/mol. The van der Waals surface area contributed by atoms with Crippen molar-refractivity contribution < 1.29 is 19.1 Å². The van der Waals surface area contributed by atoms with Gasteiger partial charge < -0.3 is 25.4 Å². The zero-order valence-corrected chi connectivity index (χ0v) is 15.7. The molecule has 0 aliphatic heterocycles. The summed E-state index contributed by atoms with van der Waals surface area (Å²) in [5.74, 6) is 0.752. The van der Waals surface area contributed by atoms with E-state index in [4.69, 9.17) is 9.47 Å². The van der Waals surface area contributed by atoms with Crippen molar-refractivity contribution in [2.45, 2.75) is 40.0 Å². The van der Waals surface area contributed by atoms with Gasteiger partial charge in [0, 0.05) is 13.1 Å². The zero-order chi connectivity index (χ0) is 18.9. The van der Waals surface area contributed by atoms with E-state index in [2.05, 4.69) is 42.8 Å². The highest BCUT2D eigenvalue weighted by molar-refractivity contribution is 5.73. The molecule has 1 rings (SSSR count). The Morgan fingerprint density at radius 2 is 1.76 bits per heavy atom. The van der Waals surface area contributed by atoms with Crippen LogP contribution in [0, 0.1) is 6.92 Å². The van der Waals surface area contributed by atoms with Gasteiger partial charge in [0.15, 0.2) is 6.73 Å². The minimum Gasteiger partial charge on any atom is -0.473 e. The molecule has 25 heavy (non-hydrogen) atoms. The summed E-state index contributed by atoms with van der Waals surface area (Å²) in [5, 5.41) is 7.76. The van der Waals surface area contributed by atoms with E-state index < -0.39 is 6.09 Å². The van der Waals surface area contributed by atoms with Gasteiger partial charge in [-0.25, -0.2) is 9.59 Å². The average molecular weight is 351 g/mol. The molecule has 0 spiro atoms. The first-order valence-corrected chi connectivity index (χ1v) is 8.40. The van der Waals surface area contributed by atoms with Gasteiger partial charge in [-0.05, 0) is 30.9 Å². The molecule has 1 aromatic rings. The molecular formula is C18H29N3O4. The summed E-state index contributed by atoms with van der Waals surface area (Å²) in [6, 6.07) is 5.62. The van der Waals surface area contributed by atoms with Gasteiger partial charge in [0.25, 0.3) is 0 Å². The number of benzene rings is 1. The normalized spacial score (nSPS) is 10.8. The van der Waals surface area contributed by atoms with Crippen LogP contribution in [0.3, 0.4) is 0 Å². The number of rotatable bonds is 7. The maximum atomic E-state index is 11.7. The summed E-state index contributed by atoms with van der Waals surface area (Å²) in [6.07, 6.45) is -0.498. The second kappa shape index (κ2) is 9.76. The number of carbonyl (C=O) groups excluding carboxylic acids is 2. The Morgan fingerprint density at radius 1 is 1.08 bits per heavy atom. The molecule has 0 atom stereocenters. The molecule has 0 saturated carbocycles. The maximum Gasteiger partial charge on any atom is 0.407 e. The molecule has 0 radical (unpaired) electrons. The SMILES string of the molecule is CCOC(=O)NCCNC(=O)NCOc1ccc(C)cc1C(C)(C)C. The fraction of sp³-hybridized carbons (Fsp3) is 0.556. The lowest BCUT2D eigenvalue weighted by Crippen LogP contribution is -2.41. The predicted molar refractivity (Wildman–Crippen MR) is 96.9 cm³/mol. The van der Waals surface area contributed by atoms with Crippen molar-refractivity contribution in [1.29, 1.82) is 0 Å². The van der Waals surface area contributed by atoms with Crippen molar-refractivity contribution in [1.82, 2.24) is 16.0 Å². The number of aryl methyl sites for hydroxylation is 1. The quantitative estimate of drug-likeness (QED) is 0.520. The van der Waals surface area contributed by atoms with Gasteiger partial charge in [-0.2, -0.15) is 0 Å². The van der Waals surface area contributed by atoms with Crippen LogP contribution in [-0.2, 0) is 10.2 Å². The van der Waals surface area contributed by atoms with E-state index in [-0.39, 0.29) is 18.2 Å². The van der Waals surface area contributed by atoms with E-state index in [1.54, 1.807) is 6.92 Å². The molecule has 0 saturated heterocycles. The molecule has 0 fully saturated rings. The number of alkyl carbamates (subject to hydrolysis) is 1. The molecule has 0 unspecified atom stereocenters. The van der Waals surface area contributed by atoms with Crippen LogP contribution in [0.1, 0.15) is 38.8 Å². The van der Waals surface area contributed by atoms with E-state index in [1.165, 1.54) is 0 Å². The van der Waals surface area contributed by atoms with Gasteiger partial charge in [0.1, 0.15) is 5.75 Å². The van der Waals surface area contributed by atoms with Crippen molar-refractivity contribution >= 4 is 12.1 Å². The molecule has 7 nitrogen and oxygen atoms in total. The zero-order valence-electron chi connectivity index (χ0n) is 15.7. The number of hydrogen-bond acceptors (Lipinski definition) is 4. The van der Waals surface area contributed by atoms with Crippen LogP contribution in [0.25, 0.3) is 0 Å². The van der Waals surface area contributed by atoms with Gasteiger partial charge in [-0.3, -0.25) is 0 Å². The molecule has 0 aromatic heterocycles. The minimum atomic E-state index is -0.498. The Hall–Kier alpha value is -2.44. The largest absolute Gasteiger partial charge is 0.473 e. The molecule has 1 aromatic carbocycles. The molecule has 0 heterocycles. The smallest absolute Gasteiger partial charge is 0.407 e. The third-order valence-corrected chi connectivity index (χ3v) is 3.36. The molecule has 3 amide bonds. The summed E-state index contributed by atoms with van der Waals surface area (Å²) < 4.78 is 10.4. The highest BCUT2D eigenvalue weighted by Crippen LogP contribution is 2.31. The molecule has 3 N–H and O–H groups in total. The third-order valence-electron chi connectivity index (χ3n) is 3.36. The van der Waals surface area contributed by atoms with Crippen LogP contribution in [0.4, 0.5) is 9.59 Å². The summed E-state index contributed by atoms with van der Waals surface area (Å²) in [5.41, 5.74) is 2.20. The summed E-state index contributed by atoms with van der Waals surface area (Å²) >= 11 is 0. The van der Waals surface area contributed by atoms with Crippen LogP contribution < -0.4 is 20.7 Å². The number of ether oxygens (including phenoxy) is 2. The minimum absolute atomic E-state index is 0.0532. The second-order valence-corrected chi connectivity index (χ2v) is 6.62. The molecule has 0 aliphatic carbocycles. The predicted octanol–water partition coefficient (Wildman–Crippen LogP) is 2.67. The lowest BCUT2D eigenvalue weighted by molar-refractivity contribution is 0.152. The first-order chi connectivity index (χ1) is 11.7. The highest BCUT2D eigenvalue weighted by atomic mass is 16.5. The molecule has 7 heteroatoms. The van der Waals surface area contributed by atoms with Crippen molar-refractivity contribution in [3.05, 3.63) is 29.3 Å². The molecular weight excluding hydrogens is 322 g/mol. The number of hydrogen-bond donors (Lipinski definition) is 3. The van der Waals surface area contributed by atoms with Gasteiger partial charge in [-0.15, -0.1) is 0 Å². The molecule has 0 aliphatic rings. The van der Waals surface area contributed by atoms with Crippen molar-refractivity contribution in [3.63, 3.8) is 0 Å². The van der Waals surface area contributed by atoms with Crippen LogP contribution in [0.2, 0.25) is 0 Å². The average Bonchev–Trinajstić information content (AvgIpc) is 2.52. The van der Waals surface area contributed by atoms with E-state index in [1.807, 2.05) is 19.1 Å². The summed E-state index contributed by atoms with van der Waals surface area (Å²) in [7, 11) is 0. The summed E-state index contributed by atoms with van der Waals surface area (Å²) in [4.78, 5) is 22.8. The van der Waals surface area contributed by atoms with Gasteiger partial charge in [-0.1, -0.05) is 38.5 Å². The van der Waals surface area contributed by atoms with Crippen LogP contribution >= 0.6 is 0 Å². The number of carbonyl (C=O) groups is 2. The first-order valence-electron chi connectivity index (χ1n) is 8.40. The van der Waals surface area contributed by atoms with Gasteiger partial charge in [0.05, 0.1) is 6.61 Å². The van der Waals surface area contributed by atoms with Crippen LogP contribution in [0.5, 0.6) is 5.75 Å². The van der Waals surface area contributed by atoms with Gasteiger partial charge in [0.2, 0.25) is 0 Å². The fourth-order valence-corrected chi connectivity index (χ4v) is 2.12. The van der Waals surface area contributed by atoms with E-state index in [0.29, 0.717) is 19.7 Å². The molecule has 140 valence electrons. The first kappa shape index (κ1) is 20.6. The Labute approximate surface area is 149 Å². The van der Waals surface area contributed by atoms with Crippen molar-refractivity contribution in [2.24, 2.45) is 0 Å². The number of nitrogens with one attached hydrogen (secondary N) is 3. The Morgan fingerprint density at radius 3 is 2.40 bits per heavy atom. The maximum absolute atomic E-state index is 11.7. The number of urea groups is 1. The Kier molecular flexibility index (Phi) is 8.04. The van der Waals surface area contributed by atoms with E-state index >= 15 is 0 Å². The lowest BCUT2D eigenvalue weighted by atomic mass is 9.85. The highest BCUT2D eigenvalue weighted by Gasteiger charge is 2.19. The van der Waals surface area contributed by atoms with E-state index in [9.17, 15) is 9.59 Å². The standard InChI is InChI=1S/C18H29N3O4/c1-6-24-17(23)20-10-9-19-16(22)21-12-25-15-8-7-13(2)11-14(15)18(3,4)5/h7-8,11H,6,9-10,12H2,1-5H3,(H,20,23)(H2,19,21,22). The Balaban J connectivity index is 2.35. The Bertz CT molecular complexity index is 582. The topological polar surface area (TPSA) is 88.7 Å². The van der Waals surface area contributed by atoms with Crippen molar-refractivity contribution in [3.8, 4) is 5.75 Å². The third kappa shape index (κ3) is 7.78. The van der Waals surface area contributed by atoms with Crippen molar-refractivity contribution in [2.75, 3.05) is 26.4 Å². The van der Waals surface area contributed by atoms with Crippen LogP contribution in [0.15, 0.2) is 18.2 Å². The summed E-state index contributed by atoms with van der Waals surface area (Å²) in [6.45, 7) is 11.1. The van der Waals surface area contributed by atoms with E-state index in [0.717, 1.165) is 16.9 Å². The lowest BCUT2D eigenvalue weighted by Gasteiger charge is -2.23. The second-order valence-electron chi connectivity index (χ2n) is 6.62. The molecule has 0 bridgehead atoms. The van der Waals surface area contributed by atoms with Gasteiger partial charge >= 0.3 is 12.1 Å². The van der Waals surface area contributed by atoms with Crippen LogP contribution in [-0.4, -0.2) is 38.6 Å². The number of amides is 3. The fourth-order valence-electron chi connectivity index (χ4n) is 2.12.